The van der Waals surface area contributed by atoms with Crippen molar-refractivity contribution in [1.82, 2.24) is 0 Å². The molecule has 1 N–H and O–H groups in total. The second kappa shape index (κ2) is 4.77. The zero-order valence-electron chi connectivity index (χ0n) is 6.72. The van der Waals surface area contributed by atoms with Crippen molar-refractivity contribution in [3.05, 3.63) is 0 Å². The molecule has 0 bridgehead atoms. The molecule has 0 fully saturated rings. The standard InChI is InChI=1S/C5H8O7S/c1-11-4(6)2-3-12-5(7)13(8,9)10/h2-3H2,1H3,(H,8,9,10). The van der Waals surface area contributed by atoms with Gasteiger partial charge in [0.15, 0.2) is 0 Å². The predicted octanol–water partition coefficient (Wildman–Crippen LogP) is -0.426. The van der Waals surface area contributed by atoms with Crippen molar-refractivity contribution in [1.29, 1.82) is 0 Å². The highest BCUT2D eigenvalue weighted by molar-refractivity contribution is 8.00. The van der Waals surface area contributed by atoms with Gasteiger partial charge in [-0.25, -0.2) is 4.79 Å². The minimum atomic E-state index is -4.82. The smallest absolute Gasteiger partial charge is 0.451 e. The highest BCUT2D eigenvalue weighted by Crippen LogP contribution is 1.93. The summed E-state index contributed by atoms with van der Waals surface area (Å²) in [6.45, 7) is -0.453. The number of carbonyl (C=O) groups excluding carboxylic acids is 2. The van der Waals surface area contributed by atoms with Crippen LogP contribution >= 0.6 is 0 Å². The lowest BCUT2D eigenvalue weighted by molar-refractivity contribution is -0.141. The average molecular weight is 212 g/mol. The number of carbonyl (C=O) groups is 2. The Hall–Kier alpha value is -1.15. The van der Waals surface area contributed by atoms with Gasteiger partial charge < -0.3 is 9.47 Å². The van der Waals surface area contributed by atoms with E-state index in [2.05, 4.69) is 9.47 Å². The first-order valence-corrected chi connectivity index (χ1v) is 4.53. The van der Waals surface area contributed by atoms with E-state index in [-0.39, 0.29) is 6.42 Å². The van der Waals surface area contributed by atoms with Gasteiger partial charge in [-0.3, -0.25) is 9.35 Å². The summed E-state index contributed by atoms with van der Waals surface area (Å²) in [5.41, 5.74) is 0. The second-order valence-electron chi connectivity index (χ2n) is 1.90. The highest BCUT2D eigenvalue weighted by Gasteiger charge is 2.20. The van der Waals surface area contributed by atoms with Gasteiger partial charge >= 0.3 is 21.4 Å². The molecule has 13 heavy (non-hydrogen) atoms. The Morgan fingerprint density at radius 3 is 2.31 bits per heavy atom. The number of esters is 1. The minimum absolute atomic E-state index is 0.266. The van der Waals surface area contributed by atoms with Crippen LogP contribution in [0.3, 0.4) is 0 Å². The molecule has 0 aromatic heterocycles. The zero-order chi connectivity index (χ0) is 10.5. The Kier molecular flexibility index (Phi) is 4.35. The van der Waals surface area contributed by atoms with E-state index >= 15 is 0 Å². The first-order valence-electron chi connectivity index (χ1n) is 3.09. The Morgan fingerprint density at radius 2 is 1.92 bits per heavy atom. The van der Waals surface area contributed by atoms with Gasteiger partial charge in [-0.15, -0.1) is 0 Å². The van der Waals surface area contributed by atoms with Crippen LogP contribution in [0.25, 0.3) is 0 Å². The average Bonchev–Trinajstić information content (AvgIpc) is 2.02. The van der Waals surface area contributed by atoms with Crippen LogP contribution in [-0.4, -0.2) is 38.0 Å². The van der Waals surface area contributed by atoms with E-state index < -0.39 is 28.0 Å². The first-order chi connectivity index (χ1) is 5.88. The summed E-state index contributed by atoms with van der Waals surface area (Å²) in [4.78, 5) is 20.7. The molecule has 0 aliphatic heterocycles. The predicted molar refractivity (Wildman–Crippen MR) is 39.5 cm³/mol. The van der Waals surface area contributed by atoms with Crippen LogP contribution in [0.1, 0.15) is 6.42 Å². The van der Waals surface area contributed by atoms with Gasteiger partial charge in [-0.2, -0.15) is 8.42 Å². The van der Waals surface area contributed by atoms with E-state index in [4.69, 9.17) is 4.55 Å². The Labute approximate surface area is 74.4 Å². The lowest BCUT2D eigenvalue weighted by Gasteiger charge is -2.00. The van der Waals surface area contributed by atoms with Crippen LogP contribution in [-0.2, 0) is 24.4 Å². The van der Waals surface area contributed by atoms with Crippen molar-refractivity contribution in [3.8, 4) is 0 Å². The molecule has 0 aromatic carbocycles. The van der Waals surface area contributed by atoms with E-state index in [0.717, 1.165) is 7.11 Å². The van der Waals surface area contributed by atoms with Crippen molar-refractivity contribution >= 4 is 21.4 Å². The maximum absolute atomic E-state index is 10.4. The van der Waals surface area contributed by atoms with Gasteiger partial charge in [0.25, 0.3) is 0 Å². The monoisotopic (exact) mass is 212 g/mol. The summed E-state index contributed by atoms with van der Waals surface area (Å²) in [5, 5.41) is -1.78. The van der Waals surface area contributed by atoms with Crippen LogP contribution in [0.2, 0.25) is 0 Å². The summed E-state index contributed by atoms with van der Waals surface area (Å²) in [5.74, 6) is -0.650. The van der Waals surface area contributed by atoms with E-state index in [1.54, 1.807) is 0 Å². The molecule has 0 aliphatic carbocycles. The van der Waals surface area contributed by atoms with Crippen LogP contribution in [0, 0.1) is 0 Å². The van der Waals surface area contributed by atoms with Gasteiger partial charge in [0.1, 0.15) is 6.61 Å². The van der Waals surface area contributed by atoms with E-state index in [9.17, 15) is 18.0 Å². The summed E-state index contributed by atoms with van der Waals surface area (Å²) >= 11 is 0. The Morgan fingerprint density at radius 1 is 1.38 bits per heavy atom. The lowest BCUT2D eigenvalue weighted by Crippen LogP contribution is -2.17. The van der Waals surface area contributed by atoms with Gasteiger partial charge in [0, 0.05) is 0 Å². The molecule has 0 radical (unpaired) electrons. The third-order valence-corrected chi connectivity index (χ3v) is 1.50. The molecule has 0 saturated carbocycles. The van der Waals surface area contributed by atoms with Crippen LogP contribution in [0.15, 0.2) is 0 Å². The Balaban J connectivity index is 3.80. The molecule has 8 heteroatoms. The van der Waals surface area contributed by atoms with Gasteiger partial charge in [-0.05, 0) is 0 Å². The summed E-state index contributed by atoms with van der Waals surface area (Å²) in [6, 6.07) is 0. The molecule has 0 saturated heterocycles. The van der Waals surface area contributed by atoms with Crippen molar-refractivity contribution < 1.29 is 32.0 Å². The van der Waals surface area contributed by atoms with Crippen LogP contribution in [0.5, 0.6) is 0 Å². The number of hydrogen-bond donors (Lipinski definition) is 1. The number of ether oxygens (including phenoxy) is 2. The minimum Gasteiger partial charge on any atom is -0.469 e. The fraction of sp³-hybridized carbons (Fsp3) is 0.600. The van der Waals surface area contributed by atoms with Crippen molar-refractivity contribution in [3.63, 3.8) is 0 Å². The highest BCUT2D eigenvalue weighted by atomic mass is 32.2. The van der Waals surface area contributed by atoms with Gasteiger partial charge in [0.2, 0.25) is 0 Å². The second-order valence-corrected chi connectivity index (χ2v) is 3.18. The summed E-state index contributed by atoms with van der Waals surface area (Å²) in [7, 11) is -3.69. The van der Waals surface area contributed by atoms with Crippen LogP contribution < -0.4 is 0 Å². The molecule has 0 atom stereocenters. The number of rotatable bonds is 3. The molecule has 0 aromatic rings. The maximum atomic E-state index is 10.4. The molecule has 0 amide bonds. The van der Waals surface area contributed by atoms with Crippen molar-refractivity contribution in [2.75, 3.05) is 13.7 Å². The topological polar surface area (TPSA) is 107 Å². The van der Waals surface area contributed by atoms with E-state index in [1.165, 1.54) is 0 Å². The molecule has 0 heterocycles. The Bertz CT molecular complexity index is 290. The molecular weight excluding hydrogens is 204 g/mol. The molecule has 0 aliphatic rings. The fourth-order valence-electron chi connectivity index (χ4n) is 0.394. The summed E-state index contributed by atoms with van der Waals surface area (Å²) < 4.78 is 36.3. The molecule has 7 nitrogen and oxygen atoms in total. The molecule has 0 rings (SSSR count). The maximum Gasteiger partial charge on any atom is 0.451 e. The third kappa shape index (κ3) is 5.15. The molecule has 0 spiro atoms. The third-order valence-electron chi connectivity index (χ3n) is 0.964. The fourth-order valence-corrected chi connectivity index (χ4v) is 0.626. The van der Waals surface area contributed by atoms with Crippen molar-refractivity contribution in [2.45, 2.75) is 6.42 Å². The lowest BCUT2D eigenvalue weighted by atomic mass is 10.5. The number of methoxy groups -OCH3 is 1. The molecular formula is C5H8O7S. The zero-order valence-corrected chi connectivity index (χ0v) is 7.54. The largest absolute Gasteiger partial charge is 0.469 e. The van der Waals surface area contributed by atoms with Gasteiger partial charge in [0.05, 0.1) is 13.5 Å². The van der Waals surface area contributed by atoms with E-state index in [1.807, 2.05) is 0 Å². The van der Waals surface area contributed by atoms with Gasteiger partial charge in [-0.1, -0.05) is 0 Å². The molecule has 76 valence electrons. The quantitative estimate of drug-likeness (QED) is 0.499. The molecule has 0 unspecified atom stereocenters. The SMILES string of the molecule is COC(=O)CCOC(=O)S(=O)(=O)O. The number of hydrogen-bond acceptors (Lipinski definition) is 6. The first kappa shape index (κ1) is 11.8. The van der Waals surface area contributed by atoms with E-state index in [0.29, 0.717) is 0 Å². The van der Waals surface area contributed by atoms with Crippen molar-refractivity contribution in [2.24, 2.45) is 0 Å². The summed E-state index contributed by atoms with van der Waals surface area (Å²) in [6.07, 6.45) is -0.266. The normalized spacial score (nSPS) is 10.6. The van der Waals surface area contributed by atoms with Crippen LogP contribution in [0.4, 0.5) is 4.79 Å².